The summed E-state index contributed by atoms with van der Waals surface area (Å²) in [6.07, 6.45) is 0. The average molecular weight is 750 g/mol. The number of fused-ring (bicyclic) bond motifs is 6. The van der Waals surface area contributed by atoms with Crippen LogP contribution in [0.1, 0.15) is 0 Å². The van der Waals surface area contributed by atoms with Gasteiger partial charge < -0.3 is 0 Å². The molecule has 0 aliphatic carbocycles. The number of hydrogen-bond acceptors (Lipinski definition) is 5. The Kier molecular flexibility index (Phi) is 7.87. The maximum absolute atomic E-state index is 5.15. The smallest absolute Gasteiger partial charge is 0.164 e. The molecule has 0 aliphatic rings. The Hall–Kier alpha value is -6.79. The molecule has 3 heterocycles. The van der Waals surface area contributed by atoms with Crippen LogP contribution in [0.15, 0.2) is 188 Å². The largest absolute Gasteiger partial charge is 0.208 e. The quantitative estimate of drug-likeness (QED) is 0.170. The molecule has 5 heteroatoms. The van der Waals surface area contributed by atoms with E-state index in [9.17, 15) is 0 Å². The summed E-state index contributed by atoms with van der Waals surface area (Å²) in [5, 5.41) is 5.18. The van der Waals surface area contributed by atoms with Gasteiger partial charge in [-0.1, -0.05) is 146 Å². The van der Waals surface area contributed by atoms with Crippen molar-refractivity contribution in [1.29, 1.82) is 0 Å². The van der Waals surface area contributed by atoms with Crippen molar-refractivity contribution in [2.75, 3.05) is 0 Å². The van der Waals surface area contributed by atoms with Crippen molar-refractivity contribution < 1.29 is 0 Å². The summed E-state index contributed by atoms with van der Waals surface area (Å²) in [6.45, 7) is 0. The highest BCUT2D eigenvalue weighted by Crippen LogP contribution is 2.44. The number of hydrogen-bond donors (Lipinski definition) is 0. The molecule has 3 nitrogen and oxygen atoms in total. The third kappa shape index (κ3) is 5.68. The fourth-order valence-electron chi connectivity index (χ4n) is 7.88. The van der Waals surface area contributed by atoms with Crippen molar-refractivity contribution in [2.24, 2.45) is 0 Å². The number of benzene rings is 8. The van der Waals surface area contributed by atoms with Crippen LogP contribution in [-0.2, 0) is 0 Å². The molecule has 0 saturated carbocycles. The van der Waals surface area contributed by atoms with E-state index in [1.165, 1.54) is 57.0 Å². The minimum absolute atomic E-state index is 0.637. The molecule has 11 aromatic rings. The Bertz CT molecular complexity index is 3200. The molecule has 56 heavy (non-hydrogen) atoms. The second-order valence-electron chi connectivity index (χ2n) is 14.0. The Balaban J connectivity index is 1.15. The molecule has 0 N–H and O–H groups in total. The highest BCUT2D eigenvalue weighted by atomic mass is 32.1. The van der Waals surface area contributed by atoms with E-state index < -0.39 is 0 Å². The second kappa shape index (κ2) is 13.5. The van der Waals surface area contributed by atoms with Crippen LogP contribution in [-0.4, -0.2) is 15.0 Å². The second-order valence-corrected chi connectivity index (χ2v) is 16.1. The minimum Gasteiger partial charge on any atom is -0.208 e. The van der Waals surface area contributed by atoms with Gasteiger partial charge in [0.2, 0.25) is 0 Å². The van der Waals surface area contributed by atoms with E-state index in [0.717, 1.165) is 33.4 Å². The SMILES string of the molecule is c1ccc(-c2nc(-c3ccccc3)nc(-c3ccccc3-c3cc(-c4ccc5c(c4)sc4ccccc45)cc(-c4cccc5sc6ccccc6c45)c3)n2)cc1. The molecular weight excluding hydrogens is 719 g/mol. The lowest BCUT2D eigenvalue weighted by atomic mass is 9.90. The molecular formula is C51H31N3S2. The third-order valence-electron chi connectivity index (χ3n) is 10.5. The monoisotopic (exact) mass is 749 g/mol. The molecule has 3 aromatic heterocycles. The molecule has 0 aliphatic heterocycles. The zero-order valence-corrected chi connectivity index (χ0v) is 31.7. The van der Waals surface area contributed by atoms with Crippen LogP contribution < -0.4 is 0 Å². The van der Waals surface area contributed by atoms with E-state index in [-0.39, 0.29) is 0 Å². The highest BCUT2D eigenvalue weighted by Gasteiger charge is 2.19. The summed E-state index contributed by atoms with van der Waals surface area (Å²) in [6, 6.07) is 67.0. The Labute approximate surface area is 331 Å². The molecule has 262 valence electrons. The van der Waals surface area contributed by atoms with Gasteiger partial charge in [-0.2, -0.15) is 0 Å². The van der Waals surface area contributed by atoms with Crippen LogP contribution >= 0.6 is 22.7 Å². The van der Waals surface area contributed by atoms with E-state index in [1.807, 2.05) is 59.1 Å². The van der Waals surface area contributed by atoms with Crippen molar-refractivity contribution in [3.05, 3.63) is 188 Å². The zero-order chi connectivity index (χ0) is 37.0. The molecule has 0 radical (unpaired) electrons. The van der Waals surface area contributed by atoms with Crippen molar-refractivity contribution in [3.8, 4) is 67.5 Å². The van der Waals surface area contributed by atoms with E-state index >= 15 is 0 Å². The summed E-state index contributed by atoms with van der Waals surface area (Å²) >= 11 is 3.71. The predicted octanol–water partition coefficient (Wildman–Crippen LogP) is 14.6. The summed E-state index contributed by atoms with van der Waals surface area (Å²) in [4.78, 5) is 15.3. The Morgan fingerprint density at radius 1 is 0.268 bits per heavy atom. The number of aromatic nitrogens is 3. The van der Waals surface area contributed by atoms with Crippen molar-refractivity contribution in [1.82, 2.24) is 15.0 Å². The molecule has 0 fully saturated rings. The maximum atomic E-state index is 5.15. The van der Waals surface area contributed by atoms with Crippen molar-refractivity contribution in [3.63, 3.8) is 0 Å². The van der Waals surface area contributed by atoms with Crippen LogP contribution in [0.2, 0.25) is 0 Å². The molecule has 0 unspecified atom stereocenters. The first-order valence-corrected chi connectivity index (χ1v) is 20.3. The normalized spacial score (nSPS) is 11.6. The van der Waals surface area contributed by atoms with Gasteiger partial charge in [0.1, 0.15) is 0 Å². The zero-order valence-electron chi connectivity index (χ0n) is 30.1. The summed E-state index contributed by atoms with van der Waals surface area (Å²) in [5.41, 5.74) is 9.75. The van der Waals surface area contributed by atoms with Gasteiger partial charge in [0.05, 0.1) is 0 Å². The predicted molar refractivity (Wildman–Crippen MR) is 238 cm³/mol. The fraction of sp³-hybridized carbons (Fsp3) is 0. The van der Waals surface area contributed by atoms with Crippen LogP contribution in [0.5, 0.6) is 0 Å². The van der Waals surface area contributed by atoms with Gasteiger partial charge in [-0.05, 0) is 75.8 Å². The van der Waals surface area contributed by atoms with Gasteiger partial charge in [0.25, 0.3) is 0 Å². The van der Waals surface area contributed by atoms with E-state index in [2.05, 4.69) is 152 Å². The summed E-state index contributed by atoms with van der Waals surface area (Å²) in [5.74, 6) is 1.93. The lowest BCUT2D eigenvalue weighted by Gasteiger charge is -2.15. The summed E-state index contributed by atoms with van der Waals surface area (Å²) in [7, 11) is 0. The molecule has 0 atom stereocenters. The van der Waals surface area contributed by atoms with Crippen molar-refractivity contribution >= 4 is 63.0 Å². The van der Waals surface area contributed by atoms with Gasteiger partial charge in [0, 0.05) is 57.0 Å². The topological polar surface area (TPSA) is 38.7 Å². The minimum atomic E-state index is 0.637. The molecule has 11 rings (SSSR count). The molecule has 8 aromatic carbocycles. The first-order valence-electron chi connectivity index (χ1n) is 18.7. The lowest BCUT2D eigenvalue weighted by molar-refractivity contribution is 1.07. The maximum Gasteiger partial charge on any atom is 0.164 e. The molecule has 0 bridgehead atoms. The van der Waals surface area contributed by atoms with Gasteiger partial charge in [-0.15, -0.1) is 22.7 Å². The first kappa shape index (κ1) is 32.6. The van der Waals surface area contributed by atoms with Crippen LogP contribution in [0, 0.1) is 0 Å². The van der Waals surface area contributed by atoms with Gasteiger partial charge in [-0.25, -0.2) is 15.0 Å². The standard InChI is InChI=1S/C51H31N3S2/c1-3-14-32(15-4-1)49-52-50(33-16-5-2-6-17-33)54-51(53-49)42-20-8-7-18-38(42)36-28-35(34-26-27-41-40-19-9-11-23-44(40)56-47(41)31-34)29-37(30-36)39-22-13-25-46-48(39)43-21-10-12-24-45(43)55-46/h1-31H. The fourth-order valence-corrected chi connectivity index (χ4v) is 10.2. The van der Waals surface area contributed by atoms with Gasteiger partial charge in [-0.3, -0.25) is 0 Å². The third-order valence-corrected chi connectivity index (χ3v) is 12.8. The number of nitrogens with zero attached hydrogens (tertiary/aromatic N) is 3. The van der Waals surface area contributed by atoms with E-state index in [0.29, 0.717) is 17.5 Å². The van der Waals surface area contributed by atoms with Crippen LogP contribution in [0.3, 0.4) is 0 Å². The Morgan fingerprint density at radius 3 is 1.50 bits per heavy atom. The summed E-state index contributed by atoms with van der Waals surface area (Å²) < 4.78 is 5.18. The first-order chi connectivity index (χ1) is 27.7. The molecule has 0 saturated heterocycles. The number of thiophene rings is 2. The highest BCUT2D eigenvalue weighted by molar-refractivity contribution is 7.26. The molecule has 0 amide bonds. The van der Waals surface area contributed by atoms with Crippen LogP contribution in [0.25, 0.3) is 108 Å². The van der Waals surface area contributed by atoms with Crippen LogP contribution in [0.4, 0.5) is 0 Å². The number of rotatable bonds is 6. The van der Waals surface area contributed by atoms with E-state index in [4.69, 9.17) is 15.0 Å². The average Bonchev–Trinajstić information content (AvgIpc) is 3.85. The van der Waals surface area contributed by atoms with Crippen molar-refractivity contribution in [2.45, 2.75) is 0 Å². The Morgan fingerprint density at radius 2 is 0.768 bits per heavy atom. The lowest BCUT2D eigenvalue weighted by Crippen LogP contribution is -2.01. The molecule has 0 spiro atoms. The van der Waals surface area contributed by atoms with E-state index in [1.54, 1.807) is 0 Å². The van der Waals surface area contributed by atoms with Gasteiger partial charge >= 0.3 is 0 Å². The van der Waals surface area contributed by atoms with Gasteiger partial charge in [0.15, 0.2) is 17.5 Å².